The monoisotopic (exact) mass is 393 g/mol. The fourth-order valence-electron chi connectivity index (χ4n) is 2.73. The van der Waals surface area contributed by atoms with Gasteiger partial charge < -0.3 is 24.8 Å². The van der Waals surface area contributed by atoms with Gasteiger partial charge in [0.2, 0.25) is 0 Å². The molecule has 0 atom stereocenters. The van der Waals surface area contributed by atoms with Gasteiger partial charge in [-0.05, 0) is 43.9 Å². The summed E-state index contributed by atoms with van der Waals surface area (Å²) in [6.07, 6.45) is 5.32. The maximum Gasteiger partial charge on any atom is 0.305 e. The van der Waals surface area contributed by atoms with Crippen molar-refractivity contribution >= 4 is 11.9 Å². The number of nitrogens with zero attached hydrogens (tertiary/aromatic N) is 1. The molecule has 0 amide bonds. The van der Waals surface area contributed by atoms with Crippen molar-refractivity contribution in [1.82, 2.24) is 10.6 Å². The zero-order valence-electron chi connectivity index (χ0n) is 17.7. The van der Waals surface area contributed by atoms with Crippen LogP contribution < -0.4 is 20.1 Å². The van der Waals surface area contributed by atoms with Crippen molar-refractivity contribution in [3.63, 3.8) is 0 Å². The molecule has 0 spiro atoms. The molecule has 0 saturated carbocycles. The van der Waals surface area contributed by atoms with Gasteiger partial charge in [-0.2, -0.15) is 0 Å². The minimum absolute atomic E-state index is 0.133. The van der Waals surface area contributed by atoms with Crippen LogP contribution >= 0.6 is 0 Å². The first kappa shape index (κ1) is 23.6. The molecule has 0 aliphatic carbocycles. The number of methoxy groups -OCH3 is 3. The van der Waals surface area contributed by atoms with E-state index in [0.29, 0.717) is 6.42 Å². The van der Waals surface area contributed by atoms with Gasteiger partial charge in [-0.25, -0.2) is 0 Å². The molecule has 1 aromatic carbocycles. The average molecular weight is 394 g/mol. The number of carbonyl (C=O) groups excluding carboxylic acids is 1. The molecule has 7 heteroatoms. The molecule has 1 rings (SSSR count). The Balaban J connectivity index is 2.33. The highest BCUT2D eigenvalue weighted by Crippen LogP contribution is 2.27. The normalized spacial score (nSPS) is 11.1. The Kier molecular flexibility index (Phi) is 12.3. The third-order valence-corrected chi connectivity index (χ3v) is 4.28. The molecule has 1 aromatic rings. The molecule has 0 aromatic heterocycles. The van der Waals surface area contributed by atoms with Gasteiger partial charge in [0.1, 0.15) is 0 Å². The van der Waals surface area contributed by atoms with Gasteiger partial charge in [-0.3, -0.25) is 9.79 Å². The molecular formula is C21H35N3O4. The lowest BCUT2D eigenvalue weighted by atomic mass is 10.1. The Morgan fingerprint density at radius 2 is 1.75 bits per heavy atom. The minimum atomic E-state index is -0.133. The number of benzene rings is 1. The van der Waals surface area contributed by atoms with E-state index in [4.69, 9.17) is 9.47 Å². The van der Waals surface area contributed by atoms with Crippen LogP contribution in [-0.4, -0.2) is 52.9 Å². The summed E-state index contributed by atoms with van der Waals surface area (Å²) < 4.78 is 15.3. The predicted octanol–water partition coefficient (Wildman–Crippen LogP) is 2.92. The summed E-state index contributed by atoms with van der Waals surface area (Å²) in [6.45, 7) is 4.42. The molecule has 0 fully saturated rings. The van der Waals surface area contributed by atoms with Crippen molar-refractivity contribution in [3.8, 4) is 11.5 Å². The van der Waals surface area contributed by atoms with Crippen LogP contribution in [-0.2, 0) is 16.0 Å². The largest absolute Gasteiger partial charge is 0.493 e. The van der Waals surface area contributed by atoms with E-state index in [0.717, 1.165) is 69.2 Å². The molecular weight excluding hydrogens is 358 g/mol. The molecule has 2 N–H and O–H groups in total. The SMILES string of the molecule is CCNC(=NCCCCCCC(=O)OC)NCCc1ccc(OC)c(OC)c1. The van der Waals surface area contributed by atoms with Gasteiger partial charge >= 0.3 is 5.97 Å². The molecule has 158 valence electrons. The number of nitrogens with one attached hydrogen (secondary N) is 2. The number of unbranched alkanes of at least 4 members (excludes halogenated alkanes) is 3. The third-order valence-electron chi connectivity index (χ3n) is 4.28. The second-order valence-corrected chi connectivity index (χ2v) is 6.37. The van der Waals surface area contributed by atoms with E-state index in [2.05, 4.69) is 27.3 Å². The van der Waals surface area contributed by atoms with Crippen LogP contribution in [0.15, 0.2) is 23.2 Å². The van der Waals surface area contributed by atoms with Crippen LogP contribution in [0.25, 0.3) is 0 Å². The molecule has 0 unspecified atom stereocenters. The van der Waals surface area contributed by atoms with Crippen molar-refractivity contribution in [3.05, 3.63) is 23.8 Å². The fraction of sp³-hybridized carbons (Fsp3) is 0.619. The molecule has 0 aliphatic rings. The van der Waals surface area contributed by atoms with Crippen LogP contribution in [0.5, 0.6) is 11.5 Å². The molecule has 0 heterocycles. The Bertz CT molecular complexity index is 605. The summed E-state index contributed by atoms with van der Waals surface area (Å²) in [7, 11) is 4.71. The minimum Gasteiger partial charge on any atom is -0.493 e. The summed E-state index contributed by atoms with van der Waals surface area (Å²) in [5.74, 6) is 2.18. The first-order valence-electron chi connectivity index (χ1n) is 9.94. The first-order valence-corrected chi connectivity index (χ1v) is 9.94. The van der Waals surface area contributed by atoms with Crippen LogP contribution in [0.3, 0.4) is 0 Å². The number of hydrogen-bond acceptors (Lipinski definition) is 5. The number of ether oxygens (including phenoxy) is 3. The van der Waals surface area contributed by atoms with Crippen LogP contribution in [0.4, 0.5) is 0 Å². The van der Waals surface area contributed by atoms with E-state index < -0.39 is 0 Å². The number of esters is 1. The standard InChI is InChI=1S/C21H35N3O4/c1-5-22-21(23-14-9-7-6-8-10-20(25)28-4)24-15-13-17-11-12-18(26-2)19(16-17)27-3/h11-12,16H,5-10,13-15H2,1-4H3,(H2,22,23,24). The van der Waals surface area contributed by atoms with Crippen molar-refractivity contribution in [1.29, 1.82) is 0 Å². The Morgan fingerprint density at radius 3 is 2.43 bits per heavy atom. The zero-order valence-corrected chi connectivity index (χ0v) is 17.7. The Labute approximate surface area is 168 Å². The topological polar surface area (TPSA) is 81.2 Å². The van der Waals surface area contributed by atoms with E-state index in [1.165, 1.54) is 12.7 Å². The highest BCUT2D eigenvalue weighted by atomic mass is 16.5. The maximum atomic E-state index is 11.1. The summed E-state index contributed by atoms with van der Waals surface area (Å²) in [5, 5.41) is 6.63. The van der Waals surface area contributed by atoms with Crippen molar-refractivity contribution < 1.29 is 19.0 Å². The third kappa shape index (κ3) is 9.48. The van der Waals surface area contributed by atoms with E-state index in [1.807, 2.05) is 18.2 Å². The maximum absolute atomic E-state index is 11.1. The average Bonchev–Trinajstić information content (AvgIpc) is 2.72. The van der Waals surface area contributed by atoms with Crippen LogP contribution in [0.1, 0.15) is 44.6 Å². The lowest BCUT2D eigenvalue weighted by Gasteiger charge is -2.12. The van der Waals surface area contributed by atoms with E-state index in [9.17, 15) is 4.79 Å². The smallest absolute Gasteiger partial charge is 0.305 e. The van der Waals surface area contributed by atoms with Gasteiger partial charge in [0.05, 0.1) is 21.3 Å². The lowest BCUT2D eigenvalue weighted by Crippen LogP contribution is -2.38. The molecule has 0 bridgehead atoms. The second-order valence-electron chi connectivity index (χ2n) is 6.37. The molecule has 0 saturated heterocycles. The molecule has 0 radical (unpaired) electrons. The number of rotatable bonds is 13. The molecule has 0 aliphatic heterocycles. The Morgan fingerprint density at radius 1 is 1.00 bits per heavy atom. The highest BCUT2D eigenvalue weighted by molar-refractivity contribution is 5.79. The summed E-state index contributed by atoms with van der Waals surface area (Å²) in [5.41, 5.74) is 1.17. The van der Waals surface area contributed by atoms with E-state index in [-0.39, 0.29) is 5.97 Å². The van der Waals surface area contributed by atoms with E-state index in [1.54, 1.807) is 14.2 Å². The zero-order chi connectivity index (χ0) is 20.6. The fourth-order valence-corrected chi connectivity index (χ4v) is 2.73. The second kappa shape index (κ2) is 14.6. The number of guanidine groups is 1. The van der Waals surface area contributed by atoms with Gasteiger partial charge in [-0.1, -0.05) is 18.9 Å². The van der Waals surface area contributed by atoms with Gasteiger partial charge in [0.15, 0.2) is 17.5 Å². The van der Waals surface area contributed by atoms with E-state index >= 15 is 0 Å². The number of carbonyl (C=O) groups is 1. The van der Waals surface area contributed by atoms with Crippen molar-refractivity contribution in [2.45, 2.75) is 45.4 Å². The molecule has 7 nitrogen and oxygen atoms in total. The number of aliphatic imine (C=N–C) groups is 1. The van der Waals surface area contributed by atoms with Gasteiger partial charge in [0, 0.05) is 26.1 Å². The summed E-state index contributed by atoms with van der Waals surface area (Å²) >= 11 is 0. The van der Waals surface area contributed by atoms with Crippen LogP contribution in [0.2, 0.25) is 0 Å². The summed E-state index contributed by atoms with van der Waals surface area (Å²) in [4.78, 5) is 15.7. The summed E-state index contributed by atoms with van der Waals surface area (Å²) in [6, 6.07) is 5.97. The highest BCUT2D eigenvalue weighted by Gasteiger charge is 2.05. The quantitative estimate of drug-likeness (QED) is 0.232. The van der Waals surface area contributed by atoms with Crippen molar-refractivity contribution in [2.75, 3.05) is 41.0 Å². The lowest BCUT2D eigenvalue weighted by molar-refractivity contribution is -0.140. The predicted molar refractivity (Wildman–Crippen MR) is 112 cm³/mol. The van der Waals surface area contributed by atoms with Crippen LogP contribution in [0, 0.1) is 0 Å². The van der Waals surface area contributed by atoms with Crippen molar-refractivity contribution in [2.24, 2.45) is 4.99 Å². The molecule has 28 heavy (non-hydrogen) atoms. The van der Waals surface area contributed by atoms with Gasteiger partial charge in [0.25, 0.3) is 0 Å². The number of hydrogen-bond donors (Lipinski definition) is 2. The Hall–Kier alpha value is -2.44. The van der Waals surface area contributed by atoms with Gasteiger partial charge in [-0.15, -0.1) is 0 Å². The first-order chi connectivity index (χ1) is 13.6.